The number of carbonyl (C=O) groups excluding carboxylic acids is 2. The molecule has 0 aliphatic carbocycles. The standard InChI is InChI=1S/C19H23N3O2S/c1-13(2)20-19(24)21-16-6-3-5-14(11-16)18(23)22-9-4-7-17(22)15-8-10-25-12-15/h3,5-6,8,10-13,17H,4,7,9H2,1-2H3,(H2,20,21,24)/t17-/m0/s1. The maximum Gasteiger partial charge on any atom is 0.319 e. The number of nitrogens with zero attached hydrogens (tertiary/aromatic N) is 1. The molecule has 1 fully saturated rings. The highest BCUT2D eigenvalue weighted by atomic mass is 32.1. The predicted octanol–water partition coefficient (Wildman–Crippen LogP) is 4.26. The molecule has 1 aliphatic rings. The third-order valence-electron chi connectivity index (χ3n) is 4.23. The Hall–Kier alpha value is -2.34. The van der Waals surface area contributed by atoms with E-state index in [-0.39, 0.29) is 24.0 Å². The van der Waals surface area contributed by atoms with Gasteiger partial charge in [-0.1, -0.05) is 6.07 Å². The molecule has 1 aromatic carbocycles. The van der Waals surface area contributed by atoms with Gasteiger partial charge in [0.15, 0.2) is 0 Å². The summed E-state index contributed by atoms with van der Waals surface area (Å²) >= 11 is 1.66. The van der Waals surface area contributed by atoms with Crippen molar-refractivity contribution >= 4 is 29.0 Å². The highest BCUT2D eigenvalue weighted by Crippen LogP contribution is 2.34. The number of thiophene rings is 1. The Balaban J connectivity index is 1.74. The van der Waals surface area contributed by atoms with Crippen molar-refractivity contribution in [3.63, 3.8) is 0 Å². The zero-order valence-electron chi connectivity index (χ0n) is 14.5. The quantitative estimate of drug-likeness (QED) is 0.859. The fourth-order valence-electron chi connectivity index (χ4n) is 3.15. The Morgan fingerprint density at radius 3 is 2.84 bits per heavy atom. The van der Waals surface area contributed by atoms with E-state index >= 15 is 0 Å². The van der Waals surface area contributed by atoms with E-state index in [0.29, 0.717) is 11.3 Å². The summed E-state index contributed by atoms with van der Waals surface area (Å²) in [7, 11) is 0. The van der Waals surface area contributed by atoms with Gasteiger partial charge in [0.2, 0.25) is 0 Å². The van der Waals surface area contributed by atoms with E-state index in [1.54, 1.807) is 35.6 Å². The number of nitrogens with one attached hydrogen (secondary N) is 2. The first kappa shape index (κ1) is 17.5. The second-order valence-corrected chi connectivity index (χ2v) is 7.33. The average Bonchev–Trinajstić information content (AvgIpc) is 3.24. The molecule has 1 atom stereocenters. The zero-order chi connectivity index (χ0) is 17.8. The van der Waals surface area contributed by atoms with Crippen LogP contribution in [0.15, 0.2) is 41.1 Å². The van der Waals surface area contributed by atoms with Gasteiger partial charge in [-0.2, -0.15) is 11.3 Å². The van der Waals surface area contributed by atoms with Crippen molar-refractivity contribution in [2.24, 2.45) is 0 Å². The number of anilines is 1. The van der Waals surface area contributed by atoms with Gasteiger partial charge >= 0.3 is 6.03 Å². The summed E-state index contributed by atoms with van der Waals surface area (Å²) in [6.07, 6.45) is 2.01. The van der Waals surface area contributed by atoms with Gasteiger partial charge in [-0.3, -0.25) is 4.79 Å². The SMILES string of the molecule is CC(C)NC(=O)Nc1cccc(C(=O)N2CCC[C@H]2c2ccsc2)c1. The molecule has 2 aromatic rings. The molecule has 1 saturated heterocycles. The van der Waals surface area contributed by atoms with Crippen LogP contribution in [0.5, 0.6) is 0 Å². The predicted molar refractivity (Wildman–Crippen MR) is 101 cm³/mol. The Morgan fingerprint density at radius 1 is 1.28 bits per heavy atom. The number of hydrogen-bond donors (Lipinski definition) is 2. The lowest BCUT2D eigenvalue weighted by molar-refractivity contribution is 0.0736. The first-order valence-corrected chi connectivity index (χ1v) is 9.49. The zero-order valence-corrected chi connectivity index (χ0v) is 15.3. The summed E-state index contributed by atoms with van der Waals surface area (Å²) < 4.78 is 0. The normalized spacial score (nSPS) is 16.9. The van der Waals surface area contributed by atoms with E-state index in [9.17, 15) is 9.59 Å². The second kappa shape index (κ2) is 7.70. The molecule has 3 rings (SSSR count). The number of rotatable bonds is 4. The van der Waals surface area contributed by atoms with E-state index in [1.165, 1.54) is 5.56 Å². The van der Waals surface area contributed by atoms with Crippen molar-refractivity contribution in [3.8, 4) is 0 Å². The van der Waals surface area contributed by atoms with Crippen LogP contribution in [0.25, 0.3) is 0 Å². The fourth-order valence-corrected chi connectivity index (χ4v) is 3.85. The molecule has 0 unspecified atom stereocenters. The van der Waals surface area contributed by atoms with Crippen molar-refractivity contribution in [2.75, 3.05) is 11.9 Å². The molecular formula is C19H23N3O2S. The Morgan fingerprint density at radius 2 is 2.12 bits per heavy atom. The number of carbonyl (C=O) groups is 2. The molecule has 2 heterocycles. The highest BCUT2D eigenvalue weighted by molar-refractivity contribution is 7.08. The van der Waals surface area contributed by atoms with Crippen molar-refractivity contribution in [1.29, 1.82) is 0 Å². The van der Waals surface area contributed by atoms with Crippen LogP contribution in [-0.2, 0) is 0 Å². The maximum absolute atomic E-state index is 13.0. The lowest BCUT2D eigenvalue weighted by atomic mass is 10.1. The molecule has 0 saturated carbocycles. The van der Waals surface area contributed by atoms with Gasteiger partial charge in [-0.05, 0) is 67.3 Å². The maximum atomic E-state index is 13.0. The molecule has 3 amide bonds. The van der Waals surface area contributed by atoms with Gasteiger partial charge in [-0.15, -0.1) is 0 Å². The molecule has 0 radical (unpaired) electrons. The fraction of sp³-hybridized carbons (Fsp3) is 0.368. The lowest BCUT2D eigenvalue weighted by Gasteiger charge is -2.24. The highest BCUT2D eigenvalue weighted by Gasteiger charge is 2.30. The average molecular weight is 357 g/mol. The molecule has 5 nitrogen and oxygen atoms in total. The van der Waals surface area contributed by atoms with Gasteiger partial charge in [0.25, 0.3) is 5.91 Å². The number of likely N-dealkylation sites (tertiary alicyclic amines) is 1. The van der Waals surface area contributed by atoms with Gasteiger partial charge in [0, 0.05) is 23.8 Å². The Bertz CT molecular complexity index is 743. The molecule has 1 aromatic heterocycles. The summed E-state index contributed by atoms with van der Waals surface area (Å²) in [6.45, 7) is 4.57. The van der Waals surface area contributed by atoms with Crippen LogP contribution in [0.4, 0.5) is 10.5 Å². The third-order valence-corrected chi connectivity index (χ3v) is 4.93. The van der Waals surface area contributed by atoms with Crippen LogP contribution in [-0.4, -0.2) is 29.4 Å². The summed E-state index contributed by atoms with van der Waals surface area (Å²) in [5.74, 6) is 0.0154. The largest absolute Gasteiger partial charge is 0.336 e. The van der Waals surface area contributed by atoms with E-state index in [4.69, 9.17) is 0 Å². The minimum atomic E-state index is -0.267. The first-order valence-electron chi connectivity index (χ1n) is 8.55. The van der Waals surface area contributed by atoms with Crippen molar-refractivity contribution in [2.45, 2.75) is 38.8 Å². The van der Waals surface area contributed by atoms with Crippen LogP contribution >= 0.6 is 11.3 Å². The number of urea groups is 1. The Kier molecular flexibility index (Phi) is 5.38. The van der Waals surface area contributed by atoms with Crippen LogP contribution in [0.3, 0.4) is 0 Å². The summed E-state index contributed by atoms with van der Waals surface area (Å²) in [5.41, 5.74) is 2.43. The molecule has 6 heteroatoms. The topological polar surface area (TPSA) is 61.4 Å². The number of hydrogen-bond acceptors (Lipinski definition) is 3. The van der Waals surface area contributed by atoms with Gasteiger partial charge in [-0.25, -0.2) is 4.79 Å². The summed E-state index contributed by atoms with van der Waals surface area (Å²) in [5, 5.41) is 9.72. The minimum absolute atomic E-state index is 0.0154. The second-order valence-electron chi connectivity index (χ2n) is 6.55. The number of amides is 3. The molecule has 25 heavy (non-hydrogen) atoms. The van der Waals surface area contributed by atoms with Crippen LogP contribution < -0.4 is 10.6 Å². The smallest absolute Gasteiger partial charge is 0.319 e. The van der Waals surface area contributed by atoms with Crippen molar-refractivity contribution < 1.29 is 9.59 Å². The molecule has 0 bridgehead atoms. The van der Waals surface area contributed by atoms with Gasteiger partial charge in [0.1, 0.15) is 0 Å². The van der Waals surface area contributed by atoms with E-state index in [1.807, 2.05) is 24.1 Å². The Labute approximate surface area is 152 Å². The lowest BCUT2D eigenvalue weighted by Crippen LogP contribution is -2.34. The van der Waals surface area contributed by atoms with Crippen LogP contribution in [0.1, 0.15) is 48.7 Å². The molecular weight excluding hydrogens is 334 g/mol. The van der Waals surface area contributed by atoms with Crippen LogP contribution in [0, 0.1) is 0 Å². The van der Waals surface area contributed by atoms with Gasteiger partial charge in [0.05, 0.1) is 6.04 Å². The summed E-state index contributed by atoms with van der Waals surface area (Å²) in [6, 6.07) is 9.17. The molecule has 0 spiro atoms. The third kappa shape index (κ3) is 4.20. The van der Waals surface area contributed by atoms with Crippen molar-refractivity contribution in [1.82, 2.24) is 10.2 Å². The monoisotopic (exact) mass is 357 g/mol. The summed E-state index contributed by atoms with van der Waals surface area (Å²) in [4.78, 5) is 26.8. The van der Waals surface area contributed by atoms with E-state index < -0.39 is 0 Å². The van der Waals surface area contributed by atoms with E-state index in [0.717, 1.165) is 19.4 Å². The first-order chi connectivity index (χ1) is 12.0. The van der Waals surface area contributed by atoms with Crippen molar-refractivity contribution in [3.05, 3.63) is 52.2 Å². The molecule has 1 aliphatic heterocycles. The van der Waals surface area contributed by atoms with Gasteiger partial charge < -0.3 is 15.5 Å². The molecule has 132 valence electrons. The van der Waals surface area contributed by atoms with E-state index in [2.05, 4.69) is 22.1 Å². The number of benzene rings is 1. The van der Waals surface area contributed by atoms with Crippen LogP contribution in [0.2, 0.25) is 0 Å². The minimum Gasteiger partial charge on any atom is -0.336 e. The molecule has 2 N–H and O–H groups in total.